The van der Waals surface area contributed by atoms with Crippen LogP contribution in [0.3, 0.4) is 0 Å². The van der Waals surface area contributed by atoms with E-state index in [0.717, 1.165) is 5.39 Å². The van der Waals surface area contributed by atoms with Crippen LogP contribution in [0.4, 0.5) is 11.4 Å². The van der Waals surface area contributed by atoms with Crippen LogP contribution in [0.15, 0.2) is 77.7 Å². The van der Waals surface area contributed by atoms with E-state index in [1.54, 1.807) is 42.5 Å². The molecule has 1 atom stereocenters. The Morgan fingerprint density at radius 2 is 1.76 bits per heavy atom. The number of hydrogen-bond donors (Lipinski definition) is 3. The van der Waals surface area contributed by atoms with Gasteiger partial charge in [-0.15, -0.1) is 0 Å². The topological polar surface area (TPSA) is 125 Å². The lowest BCUT2D eigenvalue weighted by atomic mass is 9.99. The van der Waals surface area contributed by atoms with Gasteiger partial charge in [-0.2, -0.15) is 0 Å². The Bertz CT molecular complexity index is 1530. The van der Waals surface area contributed by atoms with Gasteiger partial charge < -0.3 is 10.3 Å². The molecule has 0 radical (unpaired) electrons. The zero-order valence-corrected chi connectivity index (χ0v) is 18.5. The summed E-state index contributed by atoms with van der Waals surface area (Å²) in [6.07, 6.45) is 0. The molecule has 3 aromatic carbocycles. The summed E-state index contributed by atoms with van der Waals surface area (Å²) in [5, 5.41) is 9.16. The van der Waals surface area contributed by atoms with Crippen molar-refractivity contribution < 1.29 is 18.0 Å². The summed E-state index contributed by atoms with van der Waals surface area (Å²) in [5.41, 5.74) is 1.94. The SMILES string of the molecule is NS(=O)(=O)c1ccc2c(c1)NC(=O)C(c1ccccc1)N2C(=O)c1cc2cccc(Cl)c2[nH]1. The van der Waals surface area contributed by atoms with Crippen LogP contribution in [0.5, 0.6) is 0 Å². The Kier molecular flexibility index (Phi) is 4.97. The van der Waals surface area contributed by atoms with E-state index in [2.05, 4.69) is 10.3 Å². The maximum Gasteiger partial charge on any atom is 0.275 e. The summed E-state index contributed by atoms with van der Waals surface area (Å²) in [6.45, 7) is 0. The third kappa shape index (κ3) is 3.66. The number of aromatic amines is 1. The maximum atomic E-state index is 13.8. The number of nitrogens with one attached hydrogen (secondary N) is 2. The number of hydrogen-bond acceptors (Lipinski definition) is 4. The highest BCUT2D eigenvalue weighted by atomic mass is 35.5. The van der Waals surface area contributed by atoms with E-state index in [1.807, 2.05) is 12.1 Å². The van der Waals surface area contributed by atoms with E-state index in [9.17, 15) is 18.0 Å². The molecule has 8 nitrogen and oxygen atoms in total. The van der Waals surface area contributed by atoms with Crippen LogP contribution in [0, 0.1) is 0 Å². The average molecular weight is 481 g/mol. The van der Waals surface area contributed by atoms with Crippen LogP contribution in [0.2, 0.25) is 5.02 Å². The molecule has 4 N–H and O–H groups in total. The zero-order valence-electron chi connectivity index (χ0n) is 16.9. The lowest BCUT2D eigenvalue weighted by Gasteiger charge is -2.36. The van der Waals surface area contributed by atoms with Crippen molar-refractivity contribution in [1.29, 1.82) is 0 Å². The van der Waals surface area contributed by atoms with Crippen molar-refractivity contribution in [1.82, 2.24) is 4.98 Å². The monoisotopic (exact) mass is 480 g/mol. The van der Waals surface area contributed by atoms with Gasteiger partial charge in [-0.25, -0.2) is 13.6 Å². The van der Waals surface area contributed by atoms with E-state index in [1.165, 1.54) is 23.1 Å². The first-order chi connectivity index (χ1) is 15.7. The number of fused-ring (bicyclic) bond motifs is 2. The number of carbonyl (C=O) groups is 2. The van der Waals surface area contributed by atoms with Gasteiger partial charge in [0.2, 0.25) is 10.0 Å². The average Bonchev–Trinajstić information content (AvgIpc) is 3.23. The normalized spacial score (nSPS) is 15.9. The van der Waals surface area contributed by atoms with Gasteiger partial charge in [-0.05, 0) is 35.9 Å². The molecule has 1 aliphatic heterocycles. The molecule has 166 valence electrons. The molecule has 2 heterocycles. The Labute approximate surface area is 194 Å². The van der Waals surface area contributed by atoms with Crippen molar-refractivity contribution in [3.05, 3.63) is 89.1 Å². The van der Waals surface area contributed by atoms with Crippen LogP contribution in [0.1, 0.15) is 22.1 Å². The number of sulfonamides is 1. The molecule has 0 saturated heterocycles. The van der Waals surface area contributed by atoms with E-state index in [-0.39, 0.29) is 16.3 Å². The van der Waals surface area contributed by atoms with Gasteiger partial charge in [-0.3, -0.25) is 14.5 Å². The van der Waals surface area contributed by atoms with Gasteiger partial charge >= 0.3 is 0 Å². The second kappa shape index (κ2) is 7.73. The summed E-state index contributed by atoms with van der Waals surface area (Å²) in [6, 6.07) is 18.8. The highest BCUT2D eigenvalue weighted by Gasteiger charge is 2.39. The van der Waals surface area contributed by atoms with Gasteiger partial charge in [0, 0.05) is 5.39 Å². The van der Waals surface area contributed by atoms with E-state index in [0.29, 0.717) is 21.8 Å². The fraction of sp³-hybridized carbons (Fsp3) is 0.0435. The summed E-state index contributed by atoms with van der Waals surface area (Å²) in [7, 11) is -4.01. The Morgan fingerprint density at radius 1 is 1.00 bits per heavy atom. The van der Waals surface area contributed by atoms with Crippen molar-refractivity contribution in [2.45, 2.75) is 10.9 Å². The molecule has 1 aliphatic rings. The molecule has 0 fully saturated rings. The fourth-order valence-corrected chi connectivity index (χ4v) is 4.76. The molecule has 10 heteroatoms. The zero-order chi connectivity index (χ0) is 23.3. The predicted molar refractivity (Wildman–Crippen MR) is 126 cm³/mol. The minimum absolute atomic E-state index is 0.168. The van der Waals surface area contributed by atoms with Crippen molar-refractivity contribution in [2.75, 3.05) is 10.2 Å². The Balaban J connectivity index is 1.70. The number of primary sulfonamides is 1. The molecule has 0 saturated carbocycles. The number of benzene rings is 3. The number of amides is 2. The molecule has 4 aromatic rings. The number of rotatable bonds is 3. The lowest BCUT2D eigenvalue weighted by Crippen LogP contribution is -2.45. The first-order valence-corrected chi connectivity index (χ1v) is 11.8. The van der Waals surface area contributed by atoms with Crippen LogP contribution in [-0.2, 0) is 14.8 Å². The van der Waals surface area contributed by atoms with Crippen molar-refractivity contribution in [3.8, 4) is 0 Å². The molecule has 1 aromatic heterocycles. The minimum Gasteiger partial charge on any atom is -0.349 e. The first-order valence-electron chi connectivity index (χ1n) is 9.87. The smallest absolute Gasteiger partial charge is 0.275 e. The van der Waals surface area contributed by atoms with Gasteiger partial charge in [-0.1, -0.05) is 54.1 Å². The molecule has 2 amide bonds. The largest absolute Gasteiger partial charge is 0.349 e. The first kappa shape index (κ1) is 21.2. The number of para-hydroxylation sites is 1. The quantitative estimate of drug-likeness (QED) is 0.412. The van der Waals surface area contributed by atoms with Crippen LogP contribution in [0.25, 0.3) is 10.9 Å². The van der Waals surface area contributed by atoms with Gasteiger partial charge in [0.05, 0.1) is 26.8 Å². The number of anilines is 2. The maximum absolute atomic E-state index is 13.8. The third-order valence-corrected chi connectivity index (χ3v) is 6.72. The van der Waals surface area contributed by atoms with E-state index < -0.39 is 27.9 Å². The number of nitrogens with zero attached hydrogens (tertiary/aromatic N) is 1. The molecular weight excluding hydrogens is 464 g/mol. The highest BCUT2D eigenvalue weighted by Crippen LogP contribution is 2.40. The van der Waals surface area contributed by atoms with Crippen molar-refractivity contribution in [2.24, 2.45) is 5.14 Å². The lowest BCUT2D eigenvalue weighted by molar-refractivity contribution is -0.117. The molecule has 0 bridgehead atoms. The molecular formula is C23H17ClN4O4S. The highest BCUT2D eigenvalue weighted by molar-refractivity contribution is 7.89. The summed E-state index contributed by atoms with van der Waals surface area (Å²) in [4.78, 5) is 31.2. The van der Waals surface area contributed by atoms with Crippen molar-refractivity contribution >= 4 is 55.7 Å². The summed E-state index contributed by atoms with van der Waals surface area (Å²) in [5.74, 6) is -0.960. The Morgan fingerprint density at radius 3 is 2.45 bits per heavy atom. The van der Waals surface area contributed by atoms with Crippen molar-refractivity contribution in [3.63, 3.8) is 0 Å². The standard InChI is InChI=1S/C23H17ClN4O4S/c24-16-8-4-7-14-11-18(26-20(14)16)23(30)28-19-10-9-15(33(25,31)32)12-17(19)27-22(29)21(28)13-5-2-1-3-6-13/h1-12,21,26H,(H,27,29)(H2,25,31,32). The number of H-pyrrole nitrogens is 1. The fourth-order valence-electron chi connectivity index (χ4n) is 3.99. The van der Waals surface area contributed by atoms with Crippen LogP contribution < -0.4 is 15.4 Å². The number of nitrogens with two attached hydrogens (primary N) is 1. The van der Waals surface area contributed by atoms with Gasteiger partial charge in [0.25, 0.3) is 11.8 Å². The summed E-state index contributed by atoms with van der Waals surface area (Å²) < 4.78 is 23.6. The summed E-state index contributed by atoms with van der Waals surface area (Å²) >= 11 is 6.26. The second-order valence-corrected chi connectivity index (χ2v) is 9.56. The molecule has 33 heavy (non-hydrogen) atoms. The molecule has 0 spiro atoms. The van der Waals surface area contributed by atoms with E-state index >= 15 is 0 Å². The predicted octanol–water partition coefficient (Wildman–Crippen LogP) is 3.81. The number of halogens is 1. The number of carbonyl (C=O) groups excluding carboxylic acids is 2. The second-order valence-electron chi connectivity index (χ2n) is 7.59. The van der Waals surface area contributed by atoms with Gasteiger partial charge in [0.1, 0.15) is 11.7 Å². The third-order valence-electron chi connectivity index (χ3n) is 5.49. The molecule has 5 rings (SSSR count). The Hall–Kier alpha value is -3.66. The van der Waals surface area contributed by atoms with Crippen LogP contribution in [-0.4, -0.2) is 25.2 Å². The van der Waals surface area contributed by atoms with Crippen LogP contribution >= 0.6 is 11.6 Å². The minimum atomic E-state index is -4.01. The molecule has 1 unspecified atom stereocenters. The molecule has 0 aliphatic carbocycles. The number of aromatic nitrogens is 1. The van der Waals surface area contributed by atoms with E-state index in [4.69, 9.17) is 16.7 Å². The van der Waals surface area contributed by atoms with Gasteiger partial charge in [0.15, 0.2) is 0 Å².